The van der Waals surface area contributed by atoms with Crippen LogP contribution in [0.1, 0.15) is 19.3 Å². The van der Waals surface area contributed by atoms with E-state index in [9.17, 15) is 14.4 Å². The summed E-state index contributed by atoms with van der Waals surface area (Å²) in [5, 5.41) is 9.09. The summed E-state index contributed by atoms with van der Waals surface area (Å²) < 4.78 is 0. The molecule has 0 radical (unpaired) electrons. The number of likely N-dealkylation sites (tertiary alicyclic amines) is 1. The van der Waals surface area contributed by atoms with Crippen LogP contribution in [0.15, 0.2) is 0 Å². The van der Waals surface area contributed by atoms with Gasteiger partial charge in [-0.05, 0) is 19.3 Å². The van der Waals surface area contributed by atoms with Crippen LogP contribution in [-0.2, 0) is 9.59 Å². The summed E-state index contributed by atoms with van der Waals surface area (Å²) in [6.45, 7) is 1.62. The third-order valence-corrected chi connectivity index (χ3v) is 3.73. The standard InChI is InChI=1S/C12H19N3O4/c1-13-5-3-6-14(8-10(13)16)12(19)15-7-2-4-9(15)11(17)18/h9H,2-8H2,1H3,(H,17,18)/t9-/m1/s1. The van der Waals surface area contributed by atoms with E-state index in [0.717, 1.165) is 6.42 Å². The van der Waals surface area contributed by atoms with Crippen molar-refractivity contribution in [3.05, 3.63) is 0 Å². The molecule has 0 aromatic carbocycles. The first-order valence-corrected chi connectivity index (χ1v) is 6.53. The SMILES string of the molecule is CN1CCCN(C(=O)N2CCC[C@@H]2C(=O)O)CC1=O. The number of carbonyl (C=O) groups excluding carboxylic acids is 2. The van der Waals surface area contributed by atoms with Crippen LogP contribution in [0.3, 0.4) is 0 Å². The summed E-state index contributed by atoms with van der Waals surface area (Å²) in [6.07, 6.45) is 1.91. The first kappa shape index (κ1) is 13.6. The highest BCUT2D eigenvalue weighted by molar-refractivity contribution is 5.87. The Morgan fingerprint density at radius 2 is 1.95 bits per heavy atom. The predicted molar refractivity (Wildman–Crippen MR) is 66.6 cm³/mol. The molecule has 0 spiro atoms. The van der Waals surface area contributed by atoms with E-state index in [2.05, 4.69) is 0 Å². The lowest BCUT2D eigenvalue weighted by Gasteiger charge is -2.28. The van der Waals surface area contributed by atoms with E-state index in [1.807, 2.05) is 0 Å². The Balaban J connectivity index is 2.06. The Bertz CT molecular complexity index is 398. The van der Waals surface area contributed by atoms with Crippen molar-refractivity contribution in [3.63, 3.8) is 0 Å². The summed E-state index contributed by atoms with van der Waals surface area (Å²) in [4.78, 5) is 39.6. The molecule has 0 aliphatic carbocycles. The minimum absolute atomic E-state index is 0.0399. The van der Waals surface area contributed by atoms with Gasteiger partial charge in [-0.1, -0.05) is 0 Å². The maximum Gasteiger partial charge on any atom is 0.326 e. The number of carboxylic acids is 1. The van der Waals surface area contributed by atoms with Crippen molar-refractivity contribution in [3.8, 4) is 0 Å². The number of hydrogen-bond acceptors (Lipinski definition) is 3. The van der Waals surface area contributed by atoms with Crippen LogP contribution >= 0.6 is 0 Å². The minimum Gasteiger partial charge on any atom is -0.480 e. The molecule has 1 N–H and O–H groups in total. The molecule has 3 amide bonds. The molecule has 1 atom stereocenters. The van der Waals surface area contributed by atoms with E-state index >= 15 is 0 Å². The van der Waals surface area contributed by atoms with Crippen LogP contribution < -0.4 is 0 Å². The third-order valence-electron chi connectivity index (χ3n) is 3.73. The zero-order valence-electron chi connectivity index (χ0n) is 11.0. The molecule has 7 heteroatoms. The number of hydrogen-bond donors (Lipinski definition) is 1. The first-order chi connectivity index (χ1) is 9.00. The largest absolute Gasteiger partial charge is 0.480 e. The van der Waals surface area contributed by atoms with Gasteiger partial charge in [-0.25, -0.2) is 9.59 Å². The highest BCUT2D eigenvalue weighted by Crippen LogP contribution is 2.20. The van der Waals surface area contributed by atoms with E-state index in [-0.39, 0.29) is 18.5 Å². The lowest BCUT2D eigenvalue weighted by atomic mass is 10.2. The van der Waals surface area contributed by atoms with Crippen molar-refractivity contribution in [2.45, 2.75) is 25.3 Å². The molecule has 0 bridgehead atoms. The van der Waals surface area contributed by atoms with Crippen molar-refractivity contribution >= 4 is 17.9 Å². The van der Waals surface area contributed by atoms with Crippen LogP contribution in [0.4, 0.5) is 4.79 Å². The Morgan fingerprint density at radius 1 is 1.21 bits per heavy atom. The molecule has 2 rings (SSSR count). The van der Waals surface area contributed by atoms with Crippen LogP contribution in [0, 0.1) is 0 Å². The molecule has 2 aliphatic heterocycles. The monoisotopic (exact) mass is 269 g/mol. The number of nitrogens with zero attached hydrogens (tertiary/aromatic N) is 3. The van der Waals surface area contributed by atoms with Crippen molar-refractivity contribution in [1.29, 1.82) is 0 Å². The fourth-order valence-corrected chi connectivity index (χ4v) is 2.58. The molecule has 0 unspecified atom stereocenters. The number of urea groups is 1. The van der Waals surface area contributed by atoms with Gasteiger partial charge in [0.1, 0.15) is 12.6 Å². The molecular formula is C12H19N3O4. The number of aliphatic carboxylic acids is 1. The van der Waals surface area contributed by atoms with Crippen LogP contribution in [0.5, 0.6) is 0 Å². The summed E-state index contributed by atoms with van der Waals surface area (Å²) in [7, 11) is 1.71. The average molecular weight is 269 g/mol. The van der Waals surface area contributed by atoms with Gasteiger partial charge in [0, 0.05) is 26.7 Å². The Morgan fingerprint density at radius 3 is 2.63 bits per heavy atom. The van der Waals surface area contributed by atoms with E-state index in [1.54, 1.807) is 11.9 Å². The summed E-state index contributed by atoms with van der Waals surface area (Å²) >= 11 is 0. The number of carboxylic acid groups (broad SMARTS) is 1. The molecule has 0 aromatic heterocycles. The van der Waals surface area contributed by atoms with E-state index < -0.39 is 12.0 Å². The molecule has 2 saturated heterocycles. The van der Waals surface area contributed by atoms with Crippen molar-refractivity contribution in [2.24, 2.45) is 0 Å². The molecule has 0 aromatic rings. The Kier molecular flexibility index (Phi) is 3.92. The van der Waals surface area contributed by atoms with Gasteiger partial charge in [-0.15, -0.1) is 0 Å². The number of likely N-dealkylation sites (N-methyl/N-ethyl adjacent to an activating group) is 1. The zero-order chi connectivity index (χ0) is 14.0. The highest BCUT2D eigenvalue weighted by Gasteiger charge is 2.37. The number of rotatable bonds is 1. The molecule has 2 fully saturated rings. The molecule has 106 valence electrons. The molecule has 19 heavy (non-hydrogen) atoms. The van der Waals surface area contributed by atoms with E-state index in [0.29, 0.717) is 32.5 Å². The smallest absolute Gasteiger partial charge is 0.326 e. The first-order valence-electron chi connectivity index (χ1n) is 6.53. The number of carbonyl (C=O) groups is 3. The van der Waals surface area contributed by atoms with Gasteiger partial charge >= 0.3 is 12.0 Å². The lowest BCUT2D eigenvalue weighted by molar-refractivity contribution is -0.141. The van der Waals surface area contributed by atoms with Gasteiger partial charge in [0.25, 0.3) is 0 Å². The predicted octanol–water partition coefficient (Wildman–Crippen LogP) is -0.180. The second-order valence-electron chi connectivity index (χ2n) is 5.06. The highest BCUT2D eigenvalue weighted by atomic mass is 16.4. The van der Waals surface area contributed by atoms with E-state index in [1.165, 1.54) is 9.80 Å². The second-order valence-corrected chi connectivity index (χ2v) is 5.06. The fraction of sp³-hybridized carbons (Fsp3) is 0.750. The molecule has 2 heterocycles. The molecule has 0 saturated carbocycles. The summed E-state index contributed by atoms with van der Waals surface area (Å²) in [6, 6.07) is -1.07. The van der Waals surface area contributed by atoms with Gasteiger partial charge in [0.2, 0.25) is 5.91 Å². The summed E-state index contributed by atoms with van der Waals surface area (Å²) in [5.74, 6) is -1.07. The van der Waals surface area contributed by atoms with Gasteiger partial charge < -0.3 is 19.8 Å². The Hall–Kier alpha value is -1.79. The average Bonchev–Trinajstić information content (AvgIpc) is 2.79. The normalized spacial score (nSPS) is 24.6. The van der Waals surface area contributed by atoms with Gasteiger partial charge in [0.05, 0.1) is 0 Å². The van der Waals surface area contributed by atoms with Crippen LogP contribution in [-0.4, -0.2) is 77.0 Å². The fourth-order valence-electron chi connectivity index (χ4n) is 2.58. The lowest BCUT2D eigenvalue weighted by Crippen LogP contribution is -2.49. The van der Waals surface area contributed by atoms with Crippen LogP contribution in [0.2, 0.25) is 0 Å². The van der Waals surface area contributed by atoms with Crippen molar-refractivity contribution in [1.82, 2.24) is 14.7 Å². The molecular weight excluding hydrogens is 250 g/mol. The van der Waals surface area contributed by atoms with Gasteiger partial charge in [0.15, 0.2) is 0 Å². The van der Waals surface area contributed by atoms with Gasteiger partial charge in [-0.2, -0.15) is 0 Å². The third kappa shape index (κ3) is 2.80. The summed E-state index contributed by atoms with van der Waals surface area (Å²) in [5.41, 5.74) is 0. The minimum atomic E-state index is -0.968. The van der Waals surface area contributed by atoms with Crippen LogP contribution in [0.25, 0.3) is 0 Å². The van der Waals surface area contributed by atoms with Crippen molar-refractivity contribution in [2.75, 3.05) is 33.2 Å². The maximum atomic E-state index is 12.3. The van der Waals surface area contributed by atoms with E-state index in [4.69, 9.17) is 5.11 Å². The molecule has 7 nitrogen and oxygen atoms in total. The topological polar surface area (TPSA) is 81.2 Å². The maximum absolute atomic E-state index is 12.3. The Labute approximate surface area is 111 Å². The quantitative estimate of drug-likeness (QED) is 0.716. The molecule has 2 aliphatic rings. The number of amides is 3. The van der Waals surface area contributed by atoms with Gasteiger partial charge in [-0.3, -0.25) is 4.79 Å². The zero-order valence-corrected chi connectivity index (χ0v) is 11.0. The second kappa shape index (κ2) is 5.46. The van der Waals surface area contributed by atoms with Crippen molar-refractivity contribution < 1.29 is 19.5 Å².